The first-order valence-electron chi connectivity index (χ1n) is 5.74. The summed E-state index contributed by atoms with van der Waals surface area (Å²) in [6.07, 6.45) is 3.70. The third-order valence-corrected chi connectivity index (χ3v) is 6.18. The average Bonchev–Trinajstić information content (AvgIpc) is 2.77. The molecule has 0 spiro atoms. The molecule has 1 aromatic rings. The van der Waals surface area contributed by atoms with Crippen LogP contribution in [0.15, 0.2) is 22.7 Å². The lowest BCUT2D eigenvalue weighted by molar-refractivity contribution is 0.579. The van der Waals surface area contributed by atoms with Crippen molar-refractivity contribution in [1.29, 1.82) is 0 Å². The van der Waals surface area contributed by atoms with E-state index in [1.165, 1.54) is 0 Å². The number of hydrogen-bond donors (Lipinski definition) is 1. The van der Waals surface area contributed by atoms with Gasteiger partial charge >= 0.3 is 0 Å². The molecular formula is C12H16BrNO2S. The van der Waals surface area contributed by atoms with Crippen molar-refractivity contribution in [3.63, 3.8) is 0 Å². The Morgan fingerprint density at radius 2 is 1.94 bits per heavy atom. The molecule has 2 N–H and O–H groups in total. The summed E-state index contributed by atoms with van der Waals surface area (Å²) in [7, 11) is -3.01. The zero-order chi connectivity index (χ0) is 12.5. The van der Waals surface area contributed by atoms with Crippen molar-refractivity contribution in [1.82, 2.24) is 0 Å². The molecular weight excluding hydrogens is 302 g/mol. The molecule has 0 unspecified atom stereocenters. The van der Waals surface area contributed by atoms with Crippen molar-refractivity contribution < 1.29 is 8.42 Å². The molecule has 2 rings (SSSR count). The topological polar surface area (TPSA) is 60.2 Å². The van der Waals surface area contributed by atoms with E-state index in [0.717, 1.165) is 35.7 Å². The number of nitrogens with two attached hydrogens (primary N) is 1. The Kier molecular flexibility index (Phi) is 3.78. The fraction of sp³-hybridized carbons (Fsp3) is 0.500. The Morgan fingerprint density at radius 1 is 1.29 bits per heavy atom. The van der Waals surface area contributed by atoms with E-state index in [1.54, 1.807) is 12.1 Å². The Bertz CT molecular complexity index is 507. The Hall–Kier alpha value is -0.550. The van der Waals surface area contributed by atoms with Gasteiger partial charge in [0.25, 0.3) is 0 Å². The zero-order valence-corrected chi connectivity index (χ0v) is 11.9. The molecule has 1 fully saturated rings. The summed E-state index contributed by atoms with van der Waals surface area (Å²) >= 11 is 3.30. The number of benzene rings is 1. The minimum absolute atomic E-state index is 0.106. The molecule has 0 aromatic heterocycles. The van der Waals surface area contributed by atoms with Crippen molar-refractivity contribution in [2.45, 2.75) is 36.7 Å². The summed E-state index contributed by atoms with van der Waals surface area (Å²) in [5, 5.41) is -0.146. The molecule has 0 heterocycles. The maximum absolute atomic E-state index is 12.1. The molecule has 0 saturated heterocycles. The number of anilines is 1. The minimum Gasteiger partial charge on any atom is -0.398 e. The van der Waals surface area contributed by atoms with Crippen LogP contribution in [0.1, 0.15) is 31.2 Å². The van der Waals surface area contributed by atoms with Gasteiger partial charge < -0.3 is 5.73 Å². The van der Waals surface area contributed by atoms with Crippen molar-refractivity contribution in [3.8, 4) is 0 Å². The lowest BCUT2D eigenvalue weighted by Crippen LogP contribution is -2.19. The highest BCUT2D eigenvalue weighted by Crippen LogP contribution is 2.28. The summed E-state index contributed by atoms with van der Waals surface area (Å²) in [4.78, 5) is 0. The Morgan fingerprint density at radius 3 is 2.53 bits per heavy atom. The lowest BCUT2D eigenvalue weighted by Gasteiger charge is -2.11. The molecule has 0 amide bonds. The van der Waals surface area contributed by atoms with Crippen LogP contribution in [0.4, 0.5) is 5.69 Å². The van der Waals surface area contributed by atoms with Gasteiger partial charge in [-0.25, -0.2) is 8.42 Å². The molecule has 3 nitrogen and oxygen atoms in total. The normalized spacial score (nSPS) is 17.5. The van der Waals surface area contributed by atoms with Crippen molar-refractivity contribution in [2.75, 3.05) is 5.73 Å². The monoisotopic (exact) mass is 317 g/mol. The van der Waals surface area contributed by atoms with Crippen molar-refractivity contribution in [3.05, 3.63) is 28.2 Å². The van der Waals surface area contributed by atoms with Crippen molar-refractivity contribution >= 4 is 31.5 Å². The van der Waals surface area contributed by atoms with E-state index >= 15 is 0 Å². The highest BCUT2D eigenvalue weighted by Gasteiger charge is 2.28. The van der Waals surface area contributed by atoms with Gasteiger partial charge in [0.1, 0.15) is 0 Å². The van der Waals surface area contributed by atoms with Crippen LogP contribution < -0.4 is 5.73 Å². The Labute approximate surface area is 110 Å². The molecule has 5 heteroatoms. The first-order valence-corrected chi connectivity index (χ1v) is 8.25. The molecule has 1 aromatic carbocycles. The highest BCUT2D eigenvalue weighted by atomic mass is 79.9. The van der Waals surface area contributed by atoms with Gasteiger partial charge in [-0.1, -0.05) is 18.9 Å². The lowest BCUT2D eigenvalue weighted by atomic mass is 10.2. The quantitative estimate of drug-likeness (QED) is 0.872. The van der Waals surface area contributed by atoms with Gasteiger partial charge in [0, 0.05) is 10.2 Å². The van der Waals surface area contributed by atoms with E-state index in [-0.39, 0.29) is 11.0 Å². The van der Waals surface area contributed by atoms with Gasteiger partial charge in [-0.05, 0) is 46.5 Å². The first-order chi connectivity index (χ1) is 7.99. The fourth-order valence-electron chi connectivity index (χ4n) is 2.28. The molecule has 0 aliphatic heterocycles. The van der Waals surface area contributed by atoms with Gasteiger partial charge in [-0.3, -0.25) is 0 Å². The molecule has 17 heavy (non-hydrogen) atoms. The van der Waals surface area contributed by atoms with E-state index < -0.39 is 9.84 Å². The molecule has 0 bridgehead atoms. The van der Waals surface area contributed by atoms with Gasteiger partial charge in [-0.15, -0.1) is 0 Å². The second kappa shape index (κ2) is 4.98. The minimum atomic E-state index is -3.01. The van der Waals surface area contributed by atoms with Gasteiger partial charge in [0.15, 0.2) is 9.84 Å². The molecule has 1 aliphatic rings. The van der Waals surface area contributed by atoms with E-state index in [1.807, 2.05) is 6.07 Å². The smallest absolute Gasteiger partial charge is 0.157 e. The number of nitrogen functional groups attached to an aromatic ring is 1. The van der Waals surface area contributed by atoms with Crippen LogP contribution in [-0.2, 0) is 15.6 Å². The third-order valence-electron chi connectivity index (χ3n) is 3.24. The Balaban J connectivity index is 2.17. The van der Waals surface area contributed by atoms with E-state index in [0.29, 0.717) is 5.69 Å². The maximum atomic E-state index is 12.1. The summed E-state index contributed by atoms with van der Waals surface area (Å²) in [6.45, 7) is 0. The van der Waals surface area contributed by atoms with Crippen molar-refractivity contribution in [2.24, 2.45) is 0 Å². The second-order valence-corrected chi connectivity index (χ2v) is 7.70. The zero-order valence-electron chi connectivity index (χ0n) is 9.52. The number of rotatable bonds is 3. The van der Waals surface area contributed by atoms with Gasteiger partial charge in [0.2, 0.25) is 0 Å². The van der Waals surface area contributed by atoms with E-state index in [2.05, 4.69) is 15.9 Å². The van der Waals surface area contributed by atoms with Crippen LogP contribution in [0.3, 0.4) is 0 Å². The summed E-state index contributed by atoms with van der Waals surface area (Å²) in [5.74, 6) is 0.106. The predicted molar refractivity (Wildman–Crippen MR) is 73.4 cm³/mol. The van der Waals surface area contributed by atoms with Crippen LogP contribution in [0.2, 0.25) is 0 Å². The summed E-state index contributed by atoms with van der Waals surface area (Å²) in [5.41, 5.74) is 7.11. The van der Waals surface area contributed by atoms with Crippen LogP contribution in [0, 0.1) is 0 Å². The van der Waals surface area contributed by atoms with Crippen LogP contribution >= 0.6 is 15.9 Å². The predicted octanol–water partition coefficient (Wildman–Crippen LogP) is 2.89. The fourth-order valence-corrected chi connectivity index (χ4v) is 4.46. The SMILES string of the molecule is Nc1cc(CS(=O)(=O)C2CCCC2)ccc1Br. The summed E-state index contributed by atoms with van der Waals surface area (Å²) in [6, 6.07) is 5.35. The molecule has 1 aliphatic carbocycles. The molecule has 0 radical (unpaired) electrons. The highest BCUT2D eigenvalue weighted by molar-refractivity contribution is 9.10. The molecule has 1 saturated carbocycles. The van der Waals surface area contributed by atoms with Gasteiger partial charge in [-0.2, -0.15) is 0 Å². The van der Waals surface area contributed by atoms with Crippen LogP contribution in [0.5, 0.6) is 0 Å². The number of sulfone groups is 1. The van der Waals surface area contributed by atoms with E-state index in [9.17, 15) is 8.42 Å². The summed E-state index contributed by atoms with van der Waals surface area (Å²) < 4.78 is 25.1. The maximum Gasteiger partial charge on any atom is 0.157 e. The standard InChI is InChI=1S/C12H16BrNO2S/c13-11-6-5-9(7-12(11)14)8-17(15,16)10-3-1-2-4-10/h5-7,10H,1-4,8,14H2. The number of hydrogen-bond acceptors (Lipinski definition) is 3. The van der Waals surface area contributed by atoms with Gasteiger partial charge in [0.05, 0.1) is 11.0 Å². The largest absolute Gasteiger partial charge is 0.398 e. The number of halogens is 1. The van der Waals surface area contributed by atoms with Crippen LogP contribution in [0.25, 0.3) is 0 Å². The second-order valence-electron chi connectivity index (χ2n) is 4.57. The molecule has 94 valence electrons. The third kappa shape index (κ3) is 3.01. The molecule has 0 atom stereocenters. The van der Waals surface area contributed by atoms with E-state index in [4.69, 9.17) is 5.73 Å². The first kappa shape index (κ1) is 12.9. The average molecular weight is 318 g/mol. The van der Waals surface area contributed by atoms with Crippen LogP contribution in [-0.4, -0.2) is 13.7 Å².